The molecule has 0 bridgehead atoms. The van der Waals surface area contributed by atoms with E-state index in [0.29, 0.717) is 4.43 Å². The zero-order valence-electron chi connectivity index (χ0n) is 17.2. The van der Waals surface area contributed by atoms with E-state index in [4.69, 9.17) is 30.9 Å². The number of phosphoric ester groups is 1. The summed E-state index contributed by atoms with van der Waals surface area (Å²) in [6.45, 7) is -0.978. The van der Waals surface area contributed by atoms with Gasteiger partial charge in [-0.25, -0.2) is 9.36 Å². The smallest absolute Gasteiger partial charge is 0.380 e. The summed E-state index contributed by atoms with van der Waals surface area (Å²) < 4.78 is 40.4. The molecule has 4 N–H and O–H groups in total. The van der Waals surface area contributed by atoms with Gasteiger partial charge in [0.05, 0.1) is 18.8 Å². The summed E-state index contributed by atoms with van der Waals surface area (Å²) in [5.74, 6) is 0. The van der Waals surface area contributed by atoms with Crippen molar-refractivity contribution >= 4 is 56.8 Å². The fraction of sp³-hybridized carbons (Fsp3) is 0.667. The third-order valence-corrected chi connectivity index (χ3v) is 7.54. The van der Waals surface area contributed by atoms with Crippen molar-refractivity contribution in [2.75, 3.05) is 11.0 Å². The molecule has 34 heavy (non-hydrogen) atoms. The molecule has 192 valence electrons. The second kappa shape index (κ2) is 12.3. The molecule has 2 saturated heterocycles. The van der Waals surface area contributed by atoms with E-state index in [1.54, 1.807) is 0 Å². The molecule has 2 aliphatic rings. The van der Waals surface area contributed by atoms with E-state index in [2.05, 4.69) is 23.7 Å². The summed E-state index contributed by atoms with van der Waals surface area (Å²) in [7, 11) is 1.02. The molecule has 0 aromatic carbocycles. The number of hydrogen-bond donors (Lipinski definition) is 4. The van der Waals surface area contributed by atoms with Gasteiger partial charge < -0.3 is 43.0 Å². The third-order valence-electron chi connectivity index (χ3n) is 4.86. The van der Waals surface area contributed by atoms with Gasteiger partial charge in [0.15, 0.2) is 0 Å². The summed E-state index contributed by atoms with van der Waals surface area (Å²) >= 11 is 6.44. The zero-order chi connectivity index (χ0) is 24.6. The van der Waals surface area contributed by atoms with Crippen molar-refractivity contribution in [3.63, 3.8) is 0 Å². The monoisotopic (exact) mass is 693 g/mol. The Labute approximate surface area is 224 Å². The van der Waals surface area contributed by atoms with Gasteiger partial charge in [0.25, 0.3) is 0 Å². The molecule has 0 amide bonds. The predicted octanol–water partition coefficient (Wildman–Crippen LogP) is -0.181. The molecule has 0 saturated carbocycles. The number of ether oxygens (including phenoxy) is 2. The van der Waals surface area contributed by atoms with Crippen LogP contribution < -0.4 is 11.2 Å². The van der Waals surface area contributed by atoms with E-state index >= 15 is 0 Å². The molecule has 3 heterocycles. The summed E-state index contributed by atoms with van der Waals surface area (Å²) in [6.07, 6.45) is -3.07. The van der Waals surface area contributed by atoms with Crippen LogP contribution in [0, 0.1) is 6.92 Å². The molecule has 0 spiro atoms. The second-order valence-electron chi connectivity index (χ2n) is 7.33. The molecular weight excluding hydrogens is 672 g/mol. The average molecular weight is 693 g/mol. The molecule has 0 aliphatic carbocycles. The number of hydrogen-bond acceptors (Lipinski definition) is 9. The molecule has 2 aliphatic heterocycles. The van der Waals surface area contributed by atoms with Gasteiger partial charge >= 0.3 is 20.2 Å². The van der Waals surface area contributed by atoms with Gasteiger partial charge in [-0.2, -0.15) is 6.92 Å². The van der Waals surface area contributed by atoms with Crippen molar-refractivity contribution in [1.82, 2.24) is 9.55 Å². The maximum Gasteiger partial charge on any atom is 0.472 e. The number of alkyl halides is 1. The van der Waals surface area contributed by atoms with E-state index in [9.17, 15) is 28.8 Å². The number of phosphoric acid groups is 1. The Bertz CT molecular complexity index is 1070. The summed E-state index contributed by atoms with van der Waals surface area (Å²) in [4.78, 5) is 54.7. The number of H-pyrrole nitrogens is 1. The van der Waals surface area contributed by atoms with Crippen molar-refractivity contribution in [3.05, 3.63) is 39.5 Å². The zero-order valence-corrected chi connectivity index (χ0v) is 23.1. The standard InChI is InChI=1S/C15H21BIN2O11P2S.Fe/c1-7-5-19(15(21)18-14(7)20)13-3-9(10(4-17)28-13)29-31(22,23)26-6-11-8(2-12(16)27-11)30-32(24,25)33;/h5,8-13H,1-4,6H2,(H,22,23)(H,18,20,21)(H2,24,25,33);/q-1;. The molecule has 7 atom stereocenters. The van der Waals surface area contributed by atoms with Gasteiger partial charge in [-0.1, -0.05) is 28.8 Å². The minimum atomic E-state index is -4.65. The first-order chi connectivity index (χ1) is 15.3. The number of aromatic amines is 1. The van der Waals surface area contributed by atoms with Gasteiger partial charge in [-0.05, 0) is 18.2 Å². The van der Waals surface area contributed by atoms with Gasteiger partial charge in [-0.3, -0.25) is 9.05 Å². The first kappa shape index (κ1) is 30.6. The molecule has 7 unspecified atom stereocenters. The largest absolute Gasteiger partial charge is 0.472 e. The molecular formula is C15H21BFeIN2O11P2S-. The van der Waals surface area contributed by atoms with Gasteiger partial charge in [0.1, 0.15) is 31.8 Å². The Hall–Kier alpha value is 0.424. The fourth-order valence-corrected chi connectivity index (χ4v) is 6.05. The Morgan fingerprint density at radius 3 is 2.50 bits per heavy atom. The normalized spacial score (nSPS) is 31.2. The minimum absolute atomic E-state index is 0. The molecule has 1 aromatic heterocycles. The van der Waals surface area contributed by atoms with Gasteiger partial charge in [0, 0.05) is 33.9 Å². The van der Waals surface area contributed by atoms with Crippen LogP contribution in [0.4, 0.5) is 0 Å². The van der Waals surface area contributed by atoms with Crippen LogP contribution in [0.2, 0.25) is 0 Å². The molecule has 13 nitrogen and oxygen atoms in total. The molecule has 2 fully saturated rings. The average Bonchev–Trinajstić information content (AvgIpc) is 3.23. The molecule has 3 rings (SSSR count). The van der Waals surface area contributed by atoms with Crippen LogP contribution in [0.15, 0.2) is 15.8 Å². The Balaban J connectivity index is 0.00000408. The van der Waals surface area contributed by atoms with E-state index in [1.165, 1.54) is 6.20 Å². The first-order valence-corrected chi connectivity index (χ1v) is 15.1. The van der Waals surface area contributed by atoms with Crippen LogP contribution in [-0.2, 0) is 56.5 Å². The molecule has 19 heteroatoms. The third kappa shape index (κ3) is 8.22. The number of nitrogens with one attached hydrogen (secondary N) is 1. The van der Waals surface area contributed by atoms with Crippen molar-refractivity contribution in [2.45, 2.75) is 49.5 Å². The van der Waals surface area contributed by atoms with Crippen LogP contribution in [0.5, 0.6) is 0 Å². The summed E-state index contributed by atoms with van der Waals surface area (Å²) in [5.41, 5.74) is -1.30. The van der Waals surface area contributed by atoms with Crippen LogP contribution in [0.1, 0.15) is 24.6 Å². The van der Waals surface area contributed by atoms with Gasteiger partial charge in [-0.15, -0.1) is 5.56 Å². The van der Waals surface area contributed by atoms with Crippen molar-refractivity contribution in [1.29, 1.82) is 0 Å². The number of rotatable bonds is 9. The van der Waals surface area contributed by atoms with Crippen LogP contribution in [0.25, 0.3) is 0 Å². The van der Waals surface area contributed by atoms with Crippen LogP contribution in [-0.4, -0.2) is 73.5 Å². The van der Waals surface area contributed by atoms with E-state index in [1.807, 2.05) is 22.6 Å². The Kier molecular flexibility index (Phi) is 11.1. The van der Waals surface area contributed by atoms with Crippen LogP contribution in [0.3, 0.4) is 0 Å². The summed E-state index contributed by atoms with van der Waals surface area (Å²) in [6, 6.07) is -0.815. The minimum Gasteiger partial charge on any atom is -0.380 e. The molecule has 2 radical (unpaired) electrons. The van der Waals surface area contributed by atoms with E-state index in [0.717, 1.165) is 4.57 Å². The van der Waals surface area contributed by atoms with Gasteiger partial charge in [0.2, 0.25) is 0 Å². The number of nitrogens with zero attached hydrogens (tertiary/aromatic N) is 1. The quantitative estimate of drug-likeness (QED) is 0.0884. The van der Waals surface area contributed by atoms with Crippen LogP contribution >= 0.6 is 37.1 Å². The predicted molar refractivity (Wildman–Crippen MR) is 126 cm³/mol. The summed E-state index contributed by atoms with van der Waals surface area (Å²) in [5, 5.41) is 0. The van der Waals surface area contributed by atoms with Crippen molar-refractivity contribution in [2.24, 2.45) is 0 Å². The molecule has 1 aromatic rings. The SMILES string of the molecule is [B]C1CC(OP(O)(O)=S)C(COP(=O)(O)OC2CC(n3cc([CH2-])c(=O)[nH]c3=O)OC2CI)O1.[Fe]. The van der Waals surface area contributed by atoms with Crippen molar-refractivity contribution in [3.8, 4) is 0 Å². The maximum absolute atomic E-state index is 12.6. The first-order valence-electron chi connectivity index (χ1n) is 9.47. The second-order valence-corrected chi connectivity index (χ2v) is 12.2. The Morgan fingerprint density at radius 2 is 1.88 bits per heavy atom. The number of aromatic nitrogens is 2. The van der Waals surface area contributed by atoms with E-state index in [-0.39, 0.29) is 35.5 Å². The van der Waals surface area contributed by atoms with Crippen molar-refractivity contribution < 1.29 is 59.4 Å². The topological polar surface area (TPSA) is 179 Å². The fourth-order valence-electron chi connectivity index (χ4n) is 3.41. The maximum atomic E-state index is 12.6. The van der Waals surface area contributed by atoms with E-state index < -0.39 is 69.0 Å². The Morgan fingerprint density at radius 1 is 1.24 bits per heavy atom. The number of halogens is 1.